The highest BCUT2D eigenvalue weighted by atomic mass is 127. The molecule has 0 aliphatic heterocycles. The summed E-state index contributed by atoms with van der Waals surface area (Å²) in [6, 6.07) is 16.8. The minimum atomic E-state index is 0.0879. The molecule has 3 rings (SSSR count). The number of aromatic nitrogens is 1. The molecule has 0 radical (unpaired) electrons. The second-order valence-corrected chi connectivity index (χ2v) is 5.87. The molecule has 0 unspecified atom stereocenters. The summed E-state index contributed by atoms with van der Waals surface area (Å²) in [6.07, 6.45) is 2.10. The fraction of sp³-hybridized carbons (Fsp3) is 0.125. The molecule has 2 aromatic carbocycles. The van der Waals surface area contributed by atoms with Crippen LogP contribution >= 0.6 is 22.6 Å². The van der Waals surface area contributed by atoms with Crippen molar-refractivity contribution in [3.63, 3.8) is 0 Å². The van der Waals surface area contributed by atoms with Gasteiger partial charge in [0.1, 0.15) is 0 Å². The fourth-order valence-electron chi connectivity index (χ4n) is 2.25. The van der Waals surface area contributed by atoms with Crippen molar-refractivity contribution in [1.29, 1.82) is 0 Å². The molecule has 0 amide bonds. The Bertz CT molecular complexity index is 700. The average Bonchev–Trinajstić information content (AvgIpc) is 2.84. The molecule has 0 fully saturated rings. The Morgan fingerprint density at radius 3 is 2.42 bits per heavy atom. The summed E-state index contributed by atoms with van der Waals surface area (Å²) in [6.45, 7) is 0.944. The van der Waals surface area contributed by atoms with E-state index in [1.165, 1.54) is 20.0 Å². The average molecular weight is 363 g/mol. The van der Waals surface area contributed by atoms with Crippen molar-refractivity contribution in [2.45, 2.75) is 13.2 Å². The lowest BCUT2D eigenvalue weighted by atomic mass is 10.1. The Labute approximate surface area is 125 Å². The first-order valence-corrected chi connectivity index (χ1v) is 7.27. The van der Waals surface area contributed by atoms with Crippen molar-refractivity contribution < 1.29 is 5.11 Å². The largest absolute Gasteiger partial charge is 0.392 e. The molecular formula is C16H14INO. The van der Waals surface area contributed by atoms with E-state index in [0.717, 1.165) is 12.1 Å². The van der Waals surface area contributed by atoms with Gasteiger partial charge in [0.25, 0.3) is 0 Å². The van der Waals surface area contributed by atoms with Gasteiger partial charge in [-0.2, -0.15) is 0 Å². The van der Waals surface area contributed by atoms with Crippen molar-refractivity contribution in [1.82, 2.24) is 4.57 Å². The molecular weight excluding hydrogens is 349 g/mol. The number of hydrogen-bond donors (Lipinski definition) is 1. The SMILES string of the molecule is OCc1ccc2ccn(Cc3ccc(I)cc3)c2c1. The van der Waals surface area contributed by atoms with Crippen LogP contribution < -0.4 is 0 Å². The first-order chi connectivity index (χ1) is 9.26. The number of hydrogen-bond acceptors (Lipinski definition) is 1. The molecule has 3 aromatic rings. The monoisotopic (exact) mass is 363 g/mol. The van der Waals surface area contributed by atoms with Gasteiger partial charge in [0.05, 0.1) is 6.61 Å². The van der Waals surface area contributed by atoms with E-state index in [-0.39, 0.29) is 6.61 Å². The van der Waals surface area contributed by atoms with Crippen LogP contribution in [0.15, 0.2) is 54.7 Å². The maximum absolute atomic E-state index is 9.24. The molecule has 0 bridgehead atoms. The van der Waals surface area contributed by atoms with Gasteiger partial charge in [-0.25, -0.2) is 0 Å². The van der Waals surface area contributed by atoms with E-state index in [4.69, 9.17) is 0 Å². The standard InChI is InChI=1S/C16H14INO/c17-15-5-2-12(3-6-15)10-18-8-7-14-4-1-13(11-19)9-16(14)18/h1-9,19H,10-11H2. The van der Waals surface area contributed by atoms with Gasteiger partial charge in [-0.05, 0) is 63.4 Å². The molecule has 1 N–H and O–H groups in total. The van der Waals surface area contributed by atoms with E-state index in [2.05, 4.69) is 75.8 Å². The number of halogens is 1. The van der Waals surface area contributed by atoms with Crippen LogP contribution in [0, 0.1) is 3.57 Å². The zero-order valence-electron chi connectivity index (χ0n) is 10.4. The third kappa shape index (κ3) is 2.67. The summed E-state index contributed by atoms with van der Waals surface area (Å²) in [5.74, 6) is 0. The normalized spacial score (nSPS) is 11.1. The predicted octanol–water partition coefficient (Wildman–Crippen LogP) is 3.79. The van der Waals surface area contributed by atoms with Gasteiger partial charge in [0.15, 0.2) is 0 Å². The molecule has 3 heteroatoms. The topological polar surface area (TPSA) is 25.2 Å². The van der Waals surface area contributed by atoms with Gasteiger partial charge >= 0.3 is 0 Å². The van der Waals surface area contributed by atoms with Gasteiger partial charge in [0.2, 0.25) is 0 Å². The number of aliphatic hydroxyl groups is 1. The van der Waals surface area contributed by atoms with Gasteiger partial charge in [0, 0.05) is 21.8 Å². The smallest absolute Gasteiger partial charge is 0.0682 e. The quantitative estimate of drug-likeness (QED) is 0.704. The first-order valence-electron chi connectivity index (χ1n) is 6.19. The van der Waals surface area contributed by atoms with Crippen LogP contribution in [-0.2, 0) is 13.2 Å². The second-order valence-electron chi connectivity index (χ2n) is 4.62. The van der Waals surface area contributed by atoms with Crippen molar-refractivity contribution >= 4 is 33.5 Å². The van der Waals surface area contributed by atoms with Crippen LogP contribution in [0.2, 0.25) is 0 Å². The predicted molar refractivity (Wildman–Crippen MR) is 86.1 cm³/mol. The zero-order chi connectivity index (χ0) is 13.2. The highest BCUT2D eigenvalue weighted by Crippen LogP contribution is 2.19. The van der Waals surface area contributed by atoms with E-state index in [1.807, 2.05) is 6.07 Å². The van der Waals surface area contributed by atoms with E-state index >= 15 is 0 Å². The molecule has 19 heavy (non-hydrogen) atoms. The number of nitrogens with zero attached hydrogens (tertiary/aromatic N) is 1. The molecule has 1 heterocycles. The molecule has 0 atom stereocenters. The van der Waals surface area contributed by atoms with Crippen LogP contribution in [0.4, 0.5) is 0 Å². The summed E-state index contributed by atoms with van der Waals surface area (Å²) in [5, 5.41) is 10.4. The summed E-state index contributed by atoms with van der Waals surface area (Å²) in [5.41, 5.74) is 3.41. The third-order valence-corrected chi connectivity index (χ3v) is 4.01. The molecule has 96 valence electrons. The molecule has 0 aliphatic carbocycles. The molecule has 1 aromatic heterocycles. The maximum atomic E-state index is 9.24. The summed E-state index contributed by atoms with van der Waals surface area (Å²) >= 11 is 2.32. The Morgan fingerprint density at radius 1 is 0.947 bits per heavy atom. The van der Waals surface area contributed by atoms with Crippen molar-refractivity contribution in [2.24, 2.45) is 0 Å². The van der Waals surface area contributed by atoms with Crippen molar-refractivity contribution in [2.75, 3.05) is 0 Å². The molecule has 0 saturated carbocycles. The molecule has 0 saturated heterocycles. The lowest BCUT2D eigenvalue weighted by Gasteiger charge is -2.07. The van der Waals surface area contributed by atoms with Gasteiger partial charge < -0.3 is 9.67 Å². The third-order valence-electron chi connectivity index (χ3n) is 3.29. The van der Waals surface area contributed by atoms with Crippen LogP contribution in [0.5, 0.6) is 0 Å². The Morgan fingerprint density at radius 2 is 1.68 bits per heavy atom. The summed E-state index contributed by atoms with van der Waals surface area (Å²) < 4.78 is 3.47. The molecule has 0 spiro atoms. The van der Waals surface area contributed by atoms with Crippen molar-refractivity contribution in [3.8, 4) is 0 Å². The Kier molecular flexibility index (Phi) is 3.57. The van der Waals surface area contributed by atoms with E-state index in [9.17, 15) is 5.11 Å². The number of benzene rings is 2. The minimum absolute atomic E-state index is 0.0879. The van der Waals surface area contributed by atoms with Crippen LogP contribution in [0.25, 0.3) is 10.9 Å². The van der Waals surface area contributed by atoms with Crippen molar-refractivity contribution in [3.05, 3.63) is 69.4 Å². The van der Waals surface area contributed by atoms with E-state index in [0.29, 0.717) is 0 Å². The molecule has 2 nitrogen and oxygen atoms in total. The van der Waals surface area contributed by atoms with Gasteiger partial charge in [-0.3, -0.25) is 0 Å². The molecule has 0 aliphatic rings. The Hall–Kier alpha value is -1.33. The lowest BCUT2D eigenvalue weighted by Crippen LogP contribution is -1.98. The lowest BCUT2D eigenvalue weighted by molar-refractivity contribution is 0.282. The highest BCUT2D eigenvalue weighted by molar-refractivity contribution is 14.1. The van der Waals surface area contributed by atoms with Crippen LogP contribution in [-0.4, -0.2) is 9.67 Å². The zero-order valence-corrected chi connectivity index (χ0v) is 12.5. The number of rotatable bonds is 3. The first kappa shape index (κ1) is 12.7. The van der Waals surface area contributed by atoms with Crippen LogP contribution in [0.1, 0.15) is 11.1 Å². The second kappa shape index (κ2) is 5.35. The van der Waals surface area contributed by atoms with E-state index < -0.39 is 0 Å². The number of fused-ring (bicyclic) bond motifs is 1. The highest BCUT2D eigenvalue weighted by Gasteiger charge is 2.03. The van der Waals surface area contributed by atoms with Gasteiger partial charge in [-0.1, -0.05) is 24.3 Å². The van der Waals surface area contributed by atoms with E-state index in [1.54, 1.807) is 0 Å². The number of aliphatic hydroxyl groups excluding tert-OH is 1. The fourth-order valence-corrected chi connectivity index (χ4v) is 2.61. The Balaban J connectivity index is 1.98. The summed E-state index contributed by atoms with van der Waals surface area (Å²) in [4.78, 5) is 0. The van der Waals surface area contributed by atoms with Crippen LogP contribution in [0.3, 0.4) is 0 Å². The van der Waals surface area contributed by atoms with Gasteiger partial charge in [-0.15, -0.1) is 0 Å². The maximum Gasteiger partial charge on any atom is 0.0682 e. The summed E-state index contributed by atoms with van der Waals surface area (Å²) in [7, 11) is 0. The minimum Gasteiger partial charge on any atom is -0.392 e.